The number of rotatable bonds is 3. The molecule has 1 saturated heterocycles. The van der Waals surface area contributed by atoms with Crippen LogP contribution in [0.1, 0.15) is 35.3 Å². The van der Waals surface area contributed by atoms with Crippen LogP contribution in [0.5, 0.6) is 0 Å². The molecule has 118 valence electrons. The molecule has 1 aliphatic rings. The first-order valence-corrected chi connectivity index (χ1v) is 8.72. The molecule has 3 aromatic rings. The van der Waals surface area contributed by atoms with Crippen LogP contribution in [-0.4, -0.2) is 26.3 Å². The number of aryl methyl sites for hydroxylation is 2. The Morgan fingerprint density at radius 2 is 2.17 bits per heavy atom. The highest BCUT2D eigenvalue weighted by Gasteiger charge is 2.20. The van der Waals surface area contributed by atoms with Gasteiger partial charge in [0.25, 0.3) is 0 Å². The van der Waals surface area contributed by atoms with E-state index in [1.165, 1.54) is 17.7 Å². The van der Waals surface area contributed by atoms with Crippen molar-refractivity contribution in [2.45, 2.75) is 32.7 Å². The Balaban J connectivity index is 1.74. The monoisotopic (exact) mass is 325 g/mol. The lowest BCUT2D eigenvalue weighted by Gasteiger charge is -2.07. The van der Waals surface area contributed by atoms with Gasteiger partial charge in [0.1, 0.15) is 5.82 Å². The van der Waals surface area contributed by atoms with E-state index in [2.05, 4.69) is 32.5 Å². The molecule has 0 saturated carbocycles. The Bertz CT molecular complexity index is 829. The van der Waals surface area contributed by atoms with E-state index in [0.717, 1.165) is 34.5 Å². The fourth-order valence-electron chi connectivity index (χ4n) is 3.00. The van der Waals surface area contributed by atoms with Crippen molar-refractivity contribution in [2.24, 2.45) is 0 Å². The Morgan fingerprint density at radius 1 is 1.26 bits per heavy atom. The Hall–Kier alpha value is -2.05. The van der Waals surface area contributed by atoms with Crippen LogP contribution >= 0.6 is 11.3 Å². The van der Waals surface area contributed by atoms with Crippen molar-refractivity contribution in [2.75, 3.05) is 6.54 Å². The standard InChI is InChI=1S/C17H19N5S/c1-11-10-13(7-9-18-11)22-17(20-12(2)21-22)16-6-5-15(23-16)14-4-3-8-19-14/h5-7,9-10,14,19H,3-4,8H2,1-2H3. The third kappa shape index (κ3) is 2.80. The molecule has 0 bridgehead atoms. The largest absolute Gasteiger partial charge is 0.309 e. The molecule has 0 aromatic carbocycles. The van der Waals surface area contributed by atoms with Crippen molar-refractivity contribution >= 4 is 11.3 Å². The van der Waals surface area contributed by atoms with Gasteiger partial charge in [-0.15, -0.1) is 11.3 Å². The summed E-state index contributed by atoms with van der Waals surface area (Å²) in [5, 5.41) is 8.13. The molecule has 0 spiro atoms. The topological polar surface area (TPSA) is 55.6 Å². The maximum absolute atomic E-state index is 4.65. The van der Waals surface area contributed by atoms with Gasteiger partial charge < -0.3 is 5.32 Å². The van der Waals surface area contributed by atoms with Gasteiger partial charge in [0.2, 0.25) is 0 Å². The summed E-state index contributed by atoms with van der Waals surface area (Å²) in [5.41, 5.74) is 1.98. The zero-order chi connectivity index (χ0) is 15.8. The molecule has 1 N–H and O–H groups in total. The van der Waals surface area contributed by atoms with Crippen molar-refractivity contribution < 1.29 is 0 Å². The predicted octanol–water partition coefficient (Wildman–Crippen LogP) is 3.43. The quantitative estimate of drug-likeness (QED) is 0.801. The van der Waals surface area contributed by atoms with Gasteiger partial charge in [-0.1, -0.05) is 0 Å². The summed E-state index contributed by atoms with van der Waals surface area (Å²) in [6, 6.07) is 8.88. The number of thiophene rings is 1. The molecule has 4 heterocycles. The van der Waals surface area contributed by atoms with E-state index < -0.39 is 0 Å². The van der Waals surface area contributed by atoms with E-state index in [0.29, 0.717) is 6.04 Å². The summed E-state index contributed by atoms with van der Waals surface area (Å²) in [6.07, 6.45) is 4.28. The number of hydrogen-bond acceptors (Lipinski definition) is 5. The van der Waals surface area contributed by atoms with Crippen LogP contribution in [0.25, 0.3) is 16.4 Å². The molecular weight excluding hydrogens is 306 g/mol. The molecule has 0 aliphatic carbocycles. The SMILES string of the molecule is Cc1cc(-n2nc(C)nc2-c2ccc(C3CCCN3)s2)ccn1. The molecule has 1 atom stereocenters. The zero-order valence-electron chi connectivity index (χ0n) is 13.3. The predicted molar refractivity (Wildman–Crippen MR) is 91.9 cm³/mol. The summed E-state index contributed by atoms with van der Waals surface area (Å²) in [6.45, 7) is 5.03. The number of nitrogens with one attached hydrogen (secondary N) is 1. The van der Waals surface area contributed by atoms with Crippen LogP contribution in [0, 0.1) is 13.8 Å². The maximum atomic E-state index is 4.65. The first kappa shape index (κ1) is 14.5. The third-order valence-corrected chi connectivity index (χ3v) is 5.28. The highest BCUT2D eigenvalue weighted by molar-refractivity contribution is 7.15. The fourth-order valence-corrected chi connectivity index (χ4v) is 4.10. The van der Waals surface area contributed by atoms with E-state index in [1.807, 2.05) is 48.2 Å². The van der Waals surface area contributed by atoms with E-state index >= 15 is 0 Å². The minimum absolute atomic E-state index is 0.495. The van der Waals surface area contributed by atoms with Crippen LogP contribution in [0.15, 0.2) is 30.5 Å². The molecule has 1 unspecified atom stereocenters. The van der Waals surface area contributed by atoms with Crippen molar-refractivity contribution in [3.63, 3.8) is 0 Å². The van der Waals surface area contributed by atoms with Crippen molar-refractivity contribution in [3.05, 3.63) is 46.9 Å². The van der Waals surface area contributed by atoms with Gasteiger partial charge in [0, 0.05) is 22.8 Å². The average molecular weight is 325 g/mol. The van der Waals surface area contributed by atoms with Crippen LogP contribution in [0.2, 0.25) is 0 Å². The second-order valence-electron chi connectivity index (χ2n) is 5.90. The van der Waals surface area contributed by atoms with Gasteiger partial charge >= 0.3 is 0 Å². The second-order valence-corrected chi connectivity index (χ2v) is 7.02. The van der Waals surface area contributed by atoms with Gasteiger partial charge in [-0.25, -0.2) is 9.67 Å². The summed E-state index contributed by atoms with van der Waals surface area (Å²) >= 11 is 1.81. The first-order valence-electron chi connectivity index (χ1n) is 7.91. The summed E-state index contributed by atoms with van der Waals surface area (Å²) in [5.74, 6) is 1.69. The lowest BCUT2D eigenvalue weighted by Crippen LogP contribution is -2.11. The molecule has 1 fully saturated rings. The highest BCUT2D eigenvalue weighted by Crippen LogP contribution is 2.34. The average Bonchev–Trinajstić information content (AvgIpc) is 3.26. The Morgan fingerprint density at radius 3 is 2.96 bits per heavy atom. The first-order chi connectivity index (χ1) is 11.2. The van der Waals surface area contributed by atoms with Gasteiger partial charge in [0.15, 0.2) is 5.82 Å². The lowest BCUT2D eigenvalue weighted by molar-refractivity contribution is 0.660. The minimum atomic E-state index is 0.495. The van der Waals surface area contributed by atoms with Crippen LogP contribution in [-0.2, 0) is 0 Å². The van der Waals surface area contributed by atoms with E-state index in [1.54, 1.807) is 0 Å². The normalized spacial score (nSPS) is 17.7. The summed E-state index contributed by atoms with van der Waals surface area (Å²) in [4.78, 5) is 11.5. The molecule has 4 rings (SSSR count). The maximum Gasteiger partial charge on any atom is 0.173 e. The van der Waals surface area contributed by atoms with Crippen LogP contribution < -0.4 is 5.32 Å². The highest BCUT2D eigenvalue weighted by atomic mass is 32.1. The van der Waals surface area contributed by atoms with Crippen LogP contribution in [0.4, 0.5) is 0 Å². The molecule has 23 heavy (non-hydrogen) atoms. The zero-order valence-corrected chi connectivity index (χ0v) is 14.1. The molecule has 0 radical (unpaired) electrons. The number of hydrogen-bond donors (Lipinski definition) is 1. The van der Waals surface area contributed by atoms with Gasteiger partial charge in [0.05, 0.1) is 10.6 Å². The molecule has 6 heteroatoms. The second kappa shape index (κ2) is 5.86. The lowest BCUT2D eigenvalue weighted by atomic mass is 10.2. The van der Waals surface area contributed by atoms with E-state index in [-0.39, 0.29) is 0 Å². The summed E-state index contributed by atoms with van der Waals surface area (Å²) < 4.78 is 1.92. The fraction of sp³-hybridized carbons (Fsp3) is 0.353. The van der Waals surface area contributed by atoms with E-state index in [4.69, 9.17) is 0 Å². The van der Waals surface area contributed by atoms with Gasteiger partial charge in [-0.05, 0) is 57.5 Å². The van der Waals surface area contributed by atoms with Gasteiger partial charge in [-0.2, -0.15) is 5.10 Å². The number of nitrogens with zero attached hydrogens (tertiary/aromatic N) is 4. The third-order valence-electron chi connectivity index (χ3n) is 4.09. The molecule has 0 amide bonds. The van der Waals surface area contributed by atoms with Gasteiger partial charge in [-0.3, -0.25) is 4.98 Å². The molecule has 5 nitrogen and oxygen atoms in total. The molecule has 3 aromatic heterocycles. The van der Waals surface area contributed by atoms with Crippen molar-refractivity contribution in [1.29, 1.82) is 0 Å². The van der Waals surface area contributed by atoms with Crippen molar-refractivity contribution in [1.82, 2.24) is 25.1 Å². The number of aromatic nitrogens is 4. The summed E-state index contributed by atoms with van der Waals surface area (Å²) in [7, 11) is 0. The van der Waals surface area contributed by atoms with E-state index in [9.17, 15) is 0 Å². The molecule has 1 aliphatic heterocycles. The Labute approximate surface area is 139 Å². The Kier molecular flexibility index (Phi) is 3.71. The minimum Gasteiger partial charge on any atom is -0.309 e. The smallest absolute Gasteiger partial charge is 0.173 e. The molecular formula is C17H19N5S. The van der Waals surface area contributed by atoms with Crippen molar-refractivity contribution in [3.8, 4) is 16.4 Å². The number of pyridine rings is 1. The van der Waals surface area contributed by atoms with Crippen LogP contribution in [0.3, 0.4) is 0 Å².